The molecular weight excluding hydrogens is 388 g/mol. The van der Waals surface area contributed by atoms with Crippen LogP contribution in [0.4, 0.5) is 11.4 Å². The summed E-state index contributed by atoms with van der Waals surface area (Å²) in [6.07, 6.45) is 1.16. The van der Waals surface area contributed by atoms with Crippen LogP contribution in [-0.4, -0.2) is 62.2 Å². The second-order valence-electron chi connectivity index (χ2n) is 6.27. The van der Waals surface area contributed by atoms with E-state index in [0.29, 0.717) is 17.7 Å². The maximum absolute atomic E-state index is 11.9. The Bertz CT molecular complexity index is 679. The van der Waals surface area contributed by atoms with Gasteiger partial charge in [-0.2, -0.15) is 0 Å². The molecular formula is C18H27ClN4O3S. The van der Waals surface area contributed by atoms with Gasteiger partial charge in [0.05, 0.1) is 24.0 Å². The molecule has 0 radical (unpaired) electrons. The van der Waals surface area contributed by atoms with E-state index in [4.69, 9.17) is 17.0 Å². The molecule has 0 atom stereocenters. The van der Waals surface area contributed by atoms with Crippen molar-refractivity contribution in [2.24, 2.45) is 0 Å². The molecule has 1 aliphatic heterocycles. The van der Waals surface area contributed by atoms with Gasteiger partial charge in [-0.15, -0.1) is 12.4 Å². The monoisotopic (exact) mass is 414 g/mol. The number of piperazine rings is 1. The first kappa shape index (κ1) is 23.1. The van der Waals surface area contributed by atoms with Crippen LogP contribution in [0, 0.1) is 0 Å². The van der Waals surface area contributed by atoms with Crippen molar-refractivity contribution in [1.29, 1.82) is 0 Å². The lowest BCUT2D eigenvalue weighted by atomic mass is 10.1. The largest absolute Gasteiger partial charge is 0.465 e. The van der Waals surface area contributed by atoms with Crippen LogP contribution in [-0.2, 0) is 9.53 Å². The average molecular weight is 415 g/mol. The maximum Gasteiger partial charge on any atom is 0.337 e. The topological polar surface area (TPSA) is 73.9 Å². The van der Waals surface area contributed by atoms with Gasteiger partial charge in [0.25, 0.3) is 0 Å². The number of amides is 1. The molecule has 0 unspecified atom stereocenters. The summed E-state index contributed by atoms with van der Waals surface area (Å²) in [7, 11) is 3.44. The summed E-state index contributed by atoms with van der Waals surface area (Å²) in [5.74, 6) is -0.547. The number of esters is 1. The van der Waals surface area contributed by atoms with Crippen LogP contribution in [0.25, 0.3) is 0 Å². The Morgan fingerprint density at radius 3 is 2.48 bits per heavy atom. The number of nitrogens with one attached hydrogen (secondary N) is 2. The van der Waals surface area contributed by atoms with Gasteiger partial charge in [0.2, 0.25) is 5.91 Å². The second kappa shape index (κ2) is 11.1. The van der Waals surface area contributed by atoms with E-state index in [1.165, 1.54) is 7.11 Å². The van der Waals surface area contributed by atoms with Crippen molar-refractivity contribution >= 4 is 53.0 Å². The second-order valence-corrected chi connectivity index (χ2v) is 6.67. The Kier molecular flexibility index (Phi) is 9.48. The number of methoxy groups -OCH3 is 1. The van der Waals surface area contributed by atoms with Crippen molar-refractivity contribution in [2.75, 3.05) is 50.6 Å². The van der Waals surface area contributed by atoms with E-state index in [9.17, 15) is 9.59 Å². The smallest absolute Gasteiger partial charge is 0.337 e. The molecule has 1 aromatic carbocycles. The molecule has 0 bridgehead atoms. The lowest BCUT2D eigenvalue weighted by Gasteiger charge is -2.35. The van der Waals surface area contributed by atoms with Crippen molar-refractivity contribution in [1.82, 2.24) is 10.2 Å². The molecule has 9 heteroatoms. The van der Waals surface area contributed by atoms with E-state index in [1.807, 2.05) is 13.0 Å². The quantitative estimate of drug-likeness (QED) is 0.565. The van der Waals surface area contributed by atoms with Gasteiger partial charge in [0.15, 0.2) is 5.11 Å². The highest BCUT2D eigenvalue weighted by atomic mass is 35.5. The van der Waals surface area contributed by atoms with Gasteiger partial charge < -0.3 is 25.2 Å². The normalized spacial score (nSPS) is 14.1. The molecule has 0 aromatic heterocycles. The van der Waals surface area contributed by atoms with E-state index >= 15 is 0 Å². The van der Waals surface area contributed by atoms with Crippen LogP contribution in [0.5, 0.6) is 0 Å². The Morgan fingerprint density at radius 1 is 1.22 bits per heavy atom. The SMILES string of the molecule is CCCC(=O)NC(=S)Nc1cc(C(=O)OC)ccc1N1CCN(C)CC1.Cl. The number of benzene rings is 1. The fourth-order valence-corrected chi connectivity index (χ4v) is 3.00. The highest BCUT2D eigenvalue weighted by Gasteiger charge is 2.19. The fourth-order valence-electron chi connectivity index (χ4n) is 2.77. The molecule has 1 amide bonds. The van der Waals surface area contributed by atoms with Crippen molar-refractivity contribution in [3.8, 4) is 0 Å². The van der Waals surface area contributed by atoms with E-state index in [2.05, 4.69) is 27.5 Å². The van der Waals surface area contributed by atoms with Crippen LogP contribution in [0.1, 0.15) is 30.1 Å². The van der Waals surface area contributed by atoms with Crippen LogP contribution in [0.3, 0.4) is 0 Å². The number of hydrogen-bond acceptors (Lipinski definition) is 6. The Labute approximate surface area is 171 Å². The zero-order valence-corrected chi connectivity index (χ0v) is 17.5. The van der Waals surface area contributed by atoms with E-state index in [-0.39, 0.29) is 23.4 Å². The number of anilines is 2. The van der Waals surface area contributed by atoms with Gasteiger partial charge in [-0.05, 0) is 43.9 Å². The number of ether oxygens (including phenoxy) is 1. The van der Waals surface area contributed by atoms with Crippen LogP contribution >= 0.6 is 24.6 Å². The van der Waals surface area contributed by atoms with Gasteiger partial charge in [-0.3, -0.25) is 4.79 Å². The number of carbonyl (C=O) groups is 2. The molecule has 1 aromatic rings. The van der Waals surface area contributed by atoms with Gasteiger partial charge in [0, 0.05) is 32.6 Å². The van der Waals surface area contributed by atoms with Gasteiger partial charge >= 0.3 is 5.97 Å². The lowest BCUT2D eigenvalue weighted by molar-refractivity contribution is -0.119. The van der Waals surface area contributed by atoms with Gasteiger partial charge in [0.1, 0.15) is 0 Å². The van der Waals surface area contributed by atoms with E-state index < -0.39 is 5.97 Å². The summed E-state index contributed by atoms with van der Waals surface area (Å²) in [5.41, 5.74) is 2.05. The minimum absolute atomic E-state index is 0. The van der Waals surface area contributed by atoms with E-state index in [0.717, 1.165) is 38.3 Å². The van der Waals surface area contributed by atoms with Crippen LogP contribution in [0.15, 0.2) is 18.2 Å². The minimum atomic E-state index is -0.418. The Balaban J connectivity index is 0.00000364. The highest BCUT2D eigenvalue weighted by Crippen LogP contribution is 2.28. The third kappa shape index (κ3) is 6.64. The number of rotatable bonds is 5. The molecule has 1 aliphatic rings. The predicted octanol–water partition coefficient (Wildman–Crippen LogP) is 2.26. The number of likely N-dealkylation sites (N-methyl/N-ethyl adjacent to an activating group) is 1. The first-order chi connectivity index (χ1) is 12.4. The third-order valence-corrected chi connectivity index (χ3v) is 4.44. The molecule has 2 N–H and O–H groups in total. The minimum Gasteiger partial charge on any atom is -0.465 e. The van der Waals surface area contributed by atoms with Crippen molar-refractivity contribution in [2.45, 2.75) is 19.8 Å². The summed E-state index contributed by atoms with van der Waals surface area (Å²) >= 11 is 5.26. The first-order valence-corrected chi connectivity index (χ1v) is 9.12. The summed E-state index contributed by atoms with van der Waals surface area (Å²) in [6.45, 7) is 5.59. The molecule has 1 saturated heterocycles. The number of carbonyl (C=O) groups excluding carboxylic acids is 2. The molecule has 150 valence electrons. The number of nitrogens with zero attached hydrogens (tertiary/aromatic N) is 2. The first-order valence-electron chi connectivity index (χ1n) is 8.71. The predicted molar refractivity (Wildman–Crippen MR) is 114 cm³/mol. The molecule has 7 nitrogen and oxygen atoms in total. The summed E-state index contributed by atoms with van der Waals surface area (Å²) in [6, 6.07) is 5.33. The van der Waals surface area contributed by atoms with Gasteiger partial charge in [-0.25, -0.2) is 4.79 Å². The molecule has 1 fully saturated rings. The molecule has 2 rings (SSSR count). The molecule has 0 saturated carbocycles. The zero-order chi connectivity index (χ0) is 19.1. The van der Waals surface area contributed by atoms with Crippen molar-refractivity contribution in [3.63, 3.8) is 0 Å². The maximum atomic E-state index is 11.9. The fraction of sp³-hybridized carbons (Fsp3) is 0.500. The Hall–Kier alpha value is -1.90. The molecule has 0 aliphatic carbocycles. The van der Waals surface area contributed by atoms with Crippen molar-refractivity contribution in [3.05, 3.63) is 23.8 Å². The van der Waals surface area contributed by atoms with E-state index in [1.54, 1.807) is 12.1 Å². The summed E-state index contributed by atoms with van der Waals surface area (Å²) < 4.78 is 4.80. The van der Waals surface area contributed by atoms with Gasteiger partial charge in [-0.1, -0.05) is 6.92 Å². The van der Waals surface area contributed by atoms with Crippen LogP contribution in [0.2, 0.25) is 0 Å². The summed E-state index contributed by atoms with van der Waals surface area (Å²) in [4.78, 5) is 28.1. The van der Waals surface area contributed by atoms with Crippen LogP contribution < -0.4 is 15.5 Å². The highest BCUT2D eigenvalue weighted by molar-refractivity contribution is 7.80. The molecule has 27 heavy (non-hydrogen) atoms. The Morgan fingerprint density at radius 2 is 1.89 bits per heavy atom. The third-order valence-electron chi connectivity index (χ3n) is 4.24. The number of thiocarbonyl (C=S) groups is 1. The summed E-state index contributed by atoms with van der Waals surface area (Å²) in [5, 5.41) is 5.95. The average Bonchev–Trinajstić information content (AvgIpc) is 2.62. The number of halogens is 1. The zero-order valence-electron chi connectivity index (χ0n) is 15.9. The van der Waals surface area contributed by atoms with Crippen molar-refractivity contribution < 1.29 is 14.3 Å². The molecule has 0 spiro atoms. The standard InChI is InChI=1S/C18H26N4O3S.ClH/c1-4-5-16(23)20-18(26)19-14-12-13(17(24)25-3)6-7-15(14)22-10-8-21(2)9-11-22;/h6-7,12H,4-5,8-11H2,1-3H3,(H2,19,20,23,26);1H. The lowest BCUT2D eigenvalue weighted by Crippen LogP contribution is -2.45. The molecule has 1 heterocycles. The number of hydrogen-bond donors (Lipinski definition) is 2.